The maximum Gasteiger partial charge on any atom is 0.322 e. The van der Waals surface area contributed by atoms with Gasteiger partial charge in [0, 0.05) is 20.0 Å². The zero-order valence-corrected chi connectivity index (χ0v) is 14.1. The van der Waals surface area contributed by atoms with Gasteiger partial charge in [0.25, 0.3) is 0 Å². The first-order chi connectivity index (χ1) is 9.95. The number of carbonyl (C=O) groups is 2. The van der Waals surface area contributed by atoms with Crippen LogP contribution in [0, 0.1) is 0 Å². The third kappa shape index (κ3) is 6.45. The Balaban J connectivity index is 0.00000441. The molecule has 0 aliphatic rings. The minimum Gasteiger partial charge on any atom is -0.468 e. The van der Waals surface area contributed by atoms with Gasteiger partial charge in [0.1, 0.15) is 6.04 Å². The number of rotatable bonds is 7. The lowest BCUT2D eigenvalue weighted by Gasteiger charge is -2.22. The van der Waals surface area contributed by atoms with Crippen LogP contribution in [-0.4, -0.2) is 43.5 Å². The zero-order valence-electron chi connectivity index (χ0n) is 13.3. The number of carbonyl (C=O) groups excluding carboxylic acids is 2. The Morgan fingerprint density at radius 1 is 1.27 bits per heavy atom. The van der Waals surface area contributed by atoms with Crippen LogP contribution in [0.3, 0.4) is 0 Å². The quantitative estimate of drug-likeness (QED) is 0.776. The van der Waals surface area contributed by atoms with Crippen LogP contribution in [0.1, 0.15) is 31.2 Å². The van der Waals surface area contributed by atoms with Crippen molar-refractivity contribution in [1.82, 2.24) is 4.90 Å². The van der Waals surface area contributed by atoms with E-state index in [4.69, 9.17) is 5.73 Å². The van der Waals surface area contributed by atoms with Gasteiger partial charge < -0.3 is 15.4 Å². The van der Waals surface area contributed by atoms with Crippen molar-refractivity contribution in [2.75, 3.05) is 20.7 Å². The van der Waals surface area contributed by atoms with E-state index in [-0.39, 0.29) is 30.7 Å². The molecule has 0 bridgehead atoms. The maximum absolute atomic E-state index is 12.0. The number of hydrogen-bond acceptors (Lipinski definition) is 4. The smallest absolute Gasteiger partial charge is 0.322 e. The topological polar surface area (TPSA) is 72.6 Å². The largest absolute Gasteiger partial charge is 0.468 e. The van der Waals surface area contributed by atoms with E-state index >= 15 is 0 Å². The summed E-state index contributed by atoms with van der Waals surface area (Å²) in [6.07, 6.45) is 0.545. The number of hydrogen-bond donors (Lipinski definition) is 1. The number of nitrogens with zero attached hydrogens (tertiary/aromatic N) is 1. The third-order valence-electron chi connectivity index (χ3n) is 3.52. The van der Waals surface area contributed by atoms with Gasteiger partial charge in [0.2, 0.25) is 5.91 Å². The molecule has 6 heteroatoms. The lowest BCUT2D eigenvalue weighted by atomic mass is 10.0. The monoisotopic (exact) mass is 328 g/mol. The molecule has 0 heterocycles. The number of esters is 1. The van der Waals surface area contributed by atoms with Gasteiger partial charge in [0.05, 0.1) is 7.11 Å². The van der Waals surface area contributed by atoms with Crippen LogP contribution in [0.5, 0.6) is 0 Å². The van der Waals surface area contributed by atoms with Gasteiger partial charge in [0.15, 0.2) is 0 Å². The SMILES string of the molecule is COC(=O)[C@@H](N)CCC(=O)N(C)CC(C)c1ccccc1.Cl. The first-order valence-electron chi connectivity index (χ1n) is 7.08. The summed E-state index contributed by atoms with van der Waals surface area (Å²) in [5.74, 6) is -0.241. The predicted molar refractivity (Wildman–Crippen MR) is 89.0 cm³/mol. The van der Waals surface area contributed by atoms with Crippen molar-refractivity contribution in [2.24, 2.45) is 5.73 Å². The Labute approximate surface area is 138 Å². The highest BCUT2D eigenvalue weighted by Gasteiger charge is 2.18. The zero-order chi connectivity index (χ0) is 15.8. The minimum absolute atomic E-state index is 0. The lowest BCUT2D eigenvalue weighted by Crippen LogP contribution is -2.35. The number of nitrogens with two attached hydrogens (primary N) is 1. The van der Waals surface area contributed by atoms with Crippen LogP contribution in [-0.2, 0) is 14.3 Å². The Bertz CT molecular complexity index is 468. The molecule has 1 amide bonds. The van der Waals surface area contributed by atoms with E-state index in [1.807, 2.05) is 18.2 Å². The summed E-state index contributed by atoms with van der Waals surface area (Å²) >= 11 is 0. The van der Waals surface area contributed by atoms with Crippen molar-refractivity contribution >= 4 is 24.3 Å². The first kappa shape index (κ1) is 20.4. The summed E-state index contributed by atoms with van der Waals surface area (Å²) in [6, 6.07) is 9.32. The molecule has 2 atom stereocenters. The molecular formula is C16H25ClN2O3. The second kappa shape index (κ2) is 10.2. The molecule has 1 unspecified atom stereocenters. The maximum atomic E-state index is 12.0. The van der Waals surface area contributed by atoms with Crippen molar-refractivity contribution in [2.45, 2.75) is 31.7 Å². The summed E-state index contributed by atoms with van der Waals surface area (Å²) in [4.78, 5) is 24.9. The molecule has 0 radical (unpaired) electrons. The molecule has 0 aromatic heterocycles. The predicted octanol–water partition coefficient (Wildman–Crippen LogP) is 1.95. The molecule has 1 aromatic rings. The van der Waals surface area contributed by atoms with Crippen LogP contribution in [0.4, 0.5) is 0 Å². The van der Waals surface area contributed by atoms with Gasteiger partial charge in [-0.1, -0.05) is 37.3 Å². The van der Waals surface area contributed by atoms with E-state index in [2.05, 4.69) is 23.8 Å². The highest BCUT2D eigenvalue weighted by atomic mass is 35.5. The molecule has 1 aromatic carbocycles. The van der Waals surface area contributed by atoms with Crippen LogP contribution in [0.15, 0.2) is 30.3 Å². The lowest BCUT2D eigenvalue weighted by molar-refractivity contribution is -0.142. The molecule has 5 nitrogen and oxygen atoms in total. The molecule has 1 rings (SSSR count). The summed E-state index contributed by atoms with van der Waals surface area (Å²) in [7, 11) is 3.06. The van der Waals surface area contributed by atoms with Gasteiger partial charge >= 0.3 is 5.97 Å². The second-order valence-corrected chi connectivity index (χ2v) is 5.25. The van der Waals surface area contributed by atoms with E-state index in [1.165, 1.54) is 12.7 Å². The Kier molecular flexibility index (Phi) is 9.45. The fourth-order valence-electron chi connectivity index (χ4n) is 2.14. The van der Waals surface area contributed by atoms with Crippen molar-refractivity contribution in [3.8, 4) is 0 Å². The second-order valence-electron chi connectivity index (χ2n) is 5.25. The number of halogens is 1. The average molecular weight is 329 g/mol. The van der Waals surface area contributed by atoms with Crippen molar-refractivity contribution in [3.05, 3.63) is 35.9 Å². The number of benzene rings is 1. The average Bonchev–Trinajstić information content (AvgIpc) is 2.51. The normalized spacial score (nSPS) is 12.7. The van der Waals surface area contributed by atoms with Crippen LogP contribution in [0.2, 0.25) is 0 Å². The summed E-state index contributed by atoms with van der Waals surface area (Å²) < 4.78 is 4.54. The molecule has 0 aliphatic carbocycles. The number of ether oxygens (including phenoxy) is 1. The van der Waals surface area contributed by atoms with E-state index in [9.17, 15) is 9.59 Å². The molecule has 124 valence electrons. The van der Waals surface area contributed by atoms with Crippen molar-refractivity contribution in [3.63, 3.8) is 0 Å². The molecule has 0 aliphatic heterocycles. The number of amides is 1. The van der Waals surface area contributed by atoms with Crippen LogP contribution >= 0.6 is 12.4 Å². The standard InChI is InChI=1S/C16H24N2O3.ClH/c1-12(13-7-5-4-6-8-13)11-18(2)15(19)10-9-14(17)16(20)21-3;/h4-8,12,14H,9-11,17H2,1-3H3;1H/t12?,14-;/m0./s1. The Morgan fingerprint density at radius 2 is 1.86 bits per heavy atom. The molecule has 2 N–H and O–H groups in total. The van der Waals surface area contributed by atoms with Gasteiger partial charge in [-0.3, -0.25) is 9.59 Å². The molecule has 0 saturated heterocycles. The van der Waals surface area contributed by atoms with E-state index in [0.29, 0.717) is 13.0 Å². The van der Waals surface area contributed by atoms with Gasteiger partial charge in [-0.15, -0.1) is 12.4 Å². The number of likely N-dealkylation sites (N-methyl/N-ethyl adjacent to an activating group) is 1. The summed E-state index contributed by atoms with van der Waals surface area (Å²) in [5.41, 5.74) is 6.82. The molecule has 22 heavy (non-hydrogen) atoms. The van der Waals surface area contributed by atoms with Crippen molar-refractivity contribution in [1.29, 1.82) is 0 Å². The van der Waals surface area contributed by atoms with Crippen LogP contribution in [0.25, 0.3) is 0 Å². The Hall–Kier alpha value is -1.59. The Morgan fingerprint density at radius 3 is 2.41 bits per heavy atom. The molecule has 0 spiro atoms. The van der Waals surface area contributed by atoms with E-state index in [0.717, 1.165) is 0 Å². The summed E-state index contributed by atoms with van der Waals surface area (Å²) in [5, 5.41) is 0. The fraction of sp³-hybridized carbons (Fsp3) is 0.500. The number of methoxy groups -OCH3 is 1. The molecule has 0 fully saturated rings. The third-order valence-corrected chi connectivity index (χ3v) is 3.52. The highest BCUT2D eigenvalue weighted by Crippen LogP contribution is 2.16. The molecule has 0 saturated carbocycles. The minimum atomic E-state index is -0.737. The fourth-order valence-corrected chi connectivity index (χ4v) is 2.14. The summed E-state index contributed by atoms with van der Waals surface area (Å²) in [6.45, 7) is 2.72. The van der Waals surface area contributed by atoms with E-state index < -0.39 is 12.0 Å². The first-order valence-corrected chi connectivity index (χ1v) is 7.08. The van der Waals surface area contributed by atoms with Gasteiger partial charge in [-0.25, -0.2) is 0 Å². The van der Waals surface area contributed by atoms with Crippen LogP contribution < -0.4 is 5.73 Å². The highest BCUT2D eigenvalue weighted by molar-refractivity contribution is 5.85. The van der Waals surface area contributed by atoms with Gasteiger partial charge in [-0.05, 0) is 17.9 Å². The van der Waals surface area contributed by atoms with Crippen molar-refractivity contribution < 1.29 is 14.3 Å². The van der Waals surface area contributed by atoms with Gasteiger partial charge in [-0.2, -0.15) is 0 Å². The van der Waals surface area contributed by atoms with E-state index in [1.54, 1.807) is 11.9 Å². The molecular weight excluding hydrogens is 304 g/mol.